The Labute approximate surface area is 202 Å². The number of nitrogens with zero attached hydrogens (tertiary/aromatic N) is 3. The fourth-order valence-electron chi connectivity index (χ4n) is 4.26. The number of carbonyl (C=O) groups is 2. The number of piperazine rings is 1. The summed E-state index contributed by atoms with van der Waals surface area (Å²) < 4.78 is 27.9. The van der Waals surface area contributed by atoms with Gasteiger partial charge in [-0.3, -0.25) is 14.5 Å². The highest BCUT2D eigenvalue weighted by atomic mass is 35.5. The van der Waals surface area contributed by atoms with Crippen LogP contribution in [-0.4, -0.2) is 86.2 Å². The summed E-state index contributed by atoms with van der Waals surface area (Å²) in [6.45, 7) is 9.40. The van der Waals surface area contributed by atoms with Gasteiger partial charge in [-0.2, -0.15) is 4.31 Å². The molecular formula is C23H35ClN4O4S. The van der Waals surface area contributed by atoms with Crippen LogP contribution in [0, 0.1) is 5.92 Å². The van der Waals surface area contributed by atoms with Crippen molar-refractivity contribution in [3.8, 4) is 0 Å². The molecule has 0 aliphatic carbocycles. The van der Waals surface area contributed by atoms with E-state index >= 15 is 0 Å². The minimum Gasteiger partial charge on any atom is -0.353 e. The lowest BCUT2D eigenvalue weighted by Gasteiger charge is -2.34. The lowest BCUT2D eigenvalue weighted by molar-refractivity contribution is -0.123. The number of hydrogen-bond donors (Lipinski definition) is 1. The Hall–Kier alpha value is -1.68. The number of benzene rings is 1. The quantitative estimate of drug-likeness (QED) is 0.623. The molecule has 2 unspecified atom stereocenters. The molecule has 0 bridgehead atoms. The first-order chi connectivity index (χ1) is 15.6. The van der Waals surface area contributed by atoms with Crippen molar-refractivity contribution in [3.63, 3.8) is 0 Å². The molecule has 2 saturated heterocycles. The zero-order valence-electron chi connectivity index (χ0n) is 19.7. The Morgan fingerprint density at radius 1 is 1.18 bits per heavy atom. The van der Waals surface area contributed by atoms with Gasteiger partial charge in [-0.25, -0.2) is 8.42 Å². The normalized spacial score (nSPS) is 21.6. The molecule has 1 aromatic rings. The van der Waals surface area contributed by atoms with Crippen molar-refractivity contribution in [1.29, 1.82) is 0 Å². The molecule has 0 radical (unpaired) electrons. The zero-order valence-corrected chi connectivity index (χ0v) is 21.3. The molecule has 0 spiro atoms. The van der Waals surface area contributed by atoms with Crippen molar-refractivity contribution in [2.45, 2.75) is 51.0 Å². The van der Waals surface area contributed by atoms with E-state index in [-0.39, 0.29) is 27.8 Å². The van der Waals surface area contributed by atoms with Crippen molar-refractivity contribution in [2.24, 2.45) is 5.92 Å². The van der Waals surface area contributed by atoms with Crippen LogP contribution in [0.1, 0.15) is 50.4 Å². The summed E-state index contributed by atoms with van der Waals surface area (Å²) in [5.74, 6) is 0.0585. The monoisotopic (exact) mass is 498 g/mol. The van der Waals surface area contributed by atoms with Gasteiger partial charge in [0.1, 0.15) is 4.90 Å². The Kier molecular flexibility index (Phi) is 8.77. The highest BCUT2D eigenvalue weighted by molar-refractivity contribution is 7.89. The third-order valence-electron chi connectivity index (χ3n) is 6.46. The minimum absolute atomic E-state index is 0.00975. The molecule has 3 rings (SSSR count). The fraction of sp³-hybridized carbons (Fsp3) is 0.652. The van der Waals surface area contributed by atoms with E-state index in [1.54, 1.807) is 11.0 Å². The smallest absolute Gasteiger partial charge is 0.253 e. The third-order valence-corrected chi connectivity index (χ3v) is 8.81. The molecule has 1 N–H and O–H groups in total. The van der Waals surface area contributed by atoms with Crippen molar-refractivity contribution < 1.29 is 18.0 Å². The van der Waals surface area contributed by atoms with Crippen LogP contribution in [0.15, 0.2) is 23.1 Å². The molecular weight excluding hydrogens is 464 g/mol. The van der Waals surface area contributed by atoms with Crippen LogP contribution < -0.4 is 5.32 Å². The standard InChI is InChI=1S/C23H35ClN4O4S/c1-4-18(3)25-22(29)16-26-10-12-27(13-11-26)23(30)19-7-8-20(24)21(14-19)33(31,32)28-9-5-6-17(2)15-28/h7-8,14,17-18H,4-6,9-13,15-16H2,1-3H3,(H,25,29). The van der Waals surface area contributed by atoms with Gasteiger partial charge in [0.2, 0.25) is 15.9 Å². The predicted molar refractivity (Wildman–Crippen MR) is 129 cm³/mol. The Bertz CT molecular complexity index is 963. The summed E-state index contributed by atoms with van der Waals surface area (Å²) in [6.07, 6.45) is 2.70. The lowest BCUT2D eigenvalue weighted by atomic mass is 10.0. The third kappa shape index (κ3) is 6.47. The molecule has 1 aromatic carbocycles. The van der Waals surface area contributed by atoms with Gasteiger partial charge in [0, 0.05) is 50.9 Å². The minimum atomic E-state index is -3.77. The first-order valence-corrected chi connectivity index (χ1v) is 13.5. The average Bonchev–Trinajstić information content (AvgIpc) is 2.79. The van der Waals surface area contributed by atoms with E-state index in [4.69, 9.17) is 11.6 Å². The van der Waals surface area contributed by atoms with Crippen LogP contribution in [0.3, 0.4) is 0 Å². The van der Waals surface area contributed by atoms with Gasteiger partial charge in [0.15, 0.2) is 0 Å². The molecule has 0 saturated carbocycles. The van der Waals surface area contributed by atoms with Gasteiger partial charge in [-0.15, -0.1) is 0 Å². The highest BCUT2D eigenvalue weighted by Gasteiger charge is 2.32. The van der Waals surface area contributed by atoms with Gasteiger partial charge in [-0.1, -0.05) is 25.4 Å². The van der Waals surface area contributed by atoms with Gasteiger partial charge in [0.05, 0.1) is 11.6 Å². The van der Waals surface area contributed by atoms with Gasteiger partial charge < -0.3 is 10.2 Å². The second-order valence-corrected chi connectivity index (χ2v) is 11.5. The van der Waals surface area contributed by atoms with E-state index in [1.807, 2.05) is 25.7 Å². The van der Waals surface area contributed by atoms with E-state index in [9.17, 15) is 18.0 Å². The van der Waals surface area contributed by atoms with Crippen LogP contribution >= 0.6 is 11.6 Å². The van der Waals surface area contributed by atoms with Crippen molar-refractivity contribution in [3.05, 3.63) is 28.8 Å². The Balaban J connectivity index is 1.65. The van der Waals surface area contributed by atoms with E-state index in [2.05, 4.69) is 5.32 Å². The average molecular weight is 499 g/mol. The first kappa shape index (κ1) is 25.9. The summed E-state index contributed by atoms with van der Waals surface area (Å²) in [4.78, 5) is 28.9. The van der Waals surface area contributed by atoms with E-state index in [1.165, 1.54) is 16.4 Å². The van der Waals surface area contributed by atoms with Crippen LogP contribution in [0.25, 0.3) is 0 Å². The molecule has 2 heterocycles. The topological polar surface area (TPSA) is 90.0 Å². The molecule has 0 aromatic heterocycles. The van der Waals surface area contributed by atoms with Crippen LogP contribution in [0.2, 0.25) is 5.02 Å². The second kappa shape index (κ2) is 11.2. The maximum absolute atomic E-state index is 13.2. The maximum atomic E-state index is 13.2. The number of amides is 2. The maximum Gasteiger partial charge on any atom is 0.253 e. The van der Waals surface area contributed by atoms with E-state index in [0.29, 0.717) is 57.3 Å². The summed E-state index contributed by atoms with van der Waals surface area (Å²) in [6, 6.07) is 4.62. The summed E-state index contributed by atoms with van der Waals surface area (Å²) in [7, 11) is -3.77. The van der Waals surface area contributed by atoms with Crippen LogP contribution in [0.4, 0.5) is 0 Å². The molecule has 2 amide bonds. The number of halogens is 1. The number of carbonyl (C=O) groups excluding carboxylic acids is 2. The zero-order chi connectivity index (χ0) is 24.2. The number of sulfonamides is 1. The Morgan fingerprint density at radius 2 is 1.88 bits per heavy atom. The summed E-state index contributed by atoms with van der Waals surface area (Å²) in [5.41, 5.74) is 0.311. The van der Waals surface area contributed by atoms with E-state index < -0.39 is 10.0 Å². The number of nitrogens with one attached hydrogen (secondary N) is 1. The Morgan fingerprint density at radius 3 is 2.52 bits per heavy atom. The van der Waals surface area contributed by atoms with Crippen molar-refractivity contribution in [2.75, 3.05) is 45.8 Å². The predicted octanol–water partition coefficient (Wildman–Crippen LogP) is 2.43. The summed E-state index contributed by atoms with van der Waals surface area (Å²) in [5, 5.41) is 3.08. The van der Waals surface area contributed by atoms with Crippen molar-refractivity contribution in [1.82, 2.24) is 19.4 Å². The van der Waals surface area contributed by atoms with Crippen LogP contribution in [-0.2, 0) is 14.8 Å². The molecule has 2 fully saturated rings. The van der Waals surface area contributed by atoms with Crippen LogP contribution in [0.5, 0.6) is 0 Å². The second-order valence-electron chi connectivity index (χ2n) is 9.20. The lowest BCUT2D eigenvalue weighted by Crippen LogP contribution is -2.51. The van der Waals surface area contributed by atoms with Gasteiger partial charge in [-0.05, 0) is 50.3 Å². The number of rotatable bonds is 7. The van der Waals surface area contributed by atoms with Gasteiger partial charge in [0.25, 0.3) is 5.91 Å². The molecule has 33 heavy (non-hydrogen) atoms. The SMILES string of the molecule is CCC(C)NC(=O)CN1CCN(C(=O)c2ccc(Cl)c(S(=O)(=O)N3CCCC(C)C3)c2)CC1. The number of piperidine rings is 1. The largest absolute Gasteiger partial charge is 0.353 e. The molecule has 184 valence electrons. The van der Waals surface area contributed by atoms with Gasteiger partial charge >= 0.3 is 0 Å². The highest BCUT2D eigenvalue weighted by Crippen LogP contribution is 2.29. The molecule has 2 aliphatic heterocycles. The fourth-order valence-corrected chi connectivity index (χ4v) is 6.35. The molecule has 8 nitrogen and oxygen atoms in total. The molecule has 10 heteroatoms. The molecule has 2 atom stereocenters. The number of hydrogen-bond acceptors (Lipinski definition) is 5. The van der Waals surface area contributed by atoms with E-state index in [0.717, 1.165) is 19.3 Å². The molecule has 2 aliphatic rings. The first-order valence-electron chi connectivity index (χ1n) is 11.7. The van der Waals surface area contributed by atoms with Crippen molar-refractivity contribution >= 4 is 33.4 Å². The summed E-state index contributed by atoms with van der Waals surface area (Å²) >= 11 is 6.27.